The molecule has 1 aromatic heterocycles. The smallest absolute Gasteiger partial charge is 0.301 e. The molecule has 0 aliphatic carbocycles. The predicted octanol–water partition coefficient (Wildman–Crippen LogP) is 2.24. The number of allylic oxidation sites excluding steroid dienone is 1. The number of nitrogens with zero attached hydrogens (tertiary/aromatic N) is 4. The van der Waals surface area contributed by atoms with Crippen LogP contribution in [0.1, 0.15) is 15.9 Å². The molecule has 1 amide bonds. The van der Waals surface area contributed by atoms with Crippen molar-refractivity contribution >= 4 is 23.2 Å². The zero-order valence-electron chi connectivity index (χ0n) is 16.1. The second kappa shape index (κ2) is 8.11. The van der Waals surface area contributed by atoms with E-state index in [4.69, 9.17) is 15.0 Å². The van der Waals surface area contributed by atoms with Crippen molar-refractivity contribution in [3.63, 3.8) is 0 Å². The number of hydrogen-bond donors (Lipinski definition) is 2. The molecule has 10 nitrogen and oxygen atoms in total. The van der Waals surface area contributed by atoms with E-state index >= 15 is 0 Å². The van der Waals surface area contributed by atoms with Gasteiger partial charge in [-0.05, 0) is 24.3 Å². The summed E-state index contributed by atoms with van der Waals surface area (Å²) in [6.07, 6.45) is 4.61. The number of ketones is 1. The molecule has 0 radical (unpaired) electrons. The average molecular weight is 406 g/mol. The molecule has 30 heavy (non-hydrogen) atoms. The lowest BCUT2D eigenvalue weighted by molar-refractivity contribution is -0.120. The molecule has 152 valence electrons. The molecular weight excluding hydrogens is 388 g/mol. The first-order valence-corrected chi connectivity index (χ1v) is 9.12. The first kappa shape index (κ1) is 19.2. The normalized spacial score (nSPS) is 15.6. The summed E-state index contributed by atoms with van der Waals surface area (Å²) in [6.45, 7) is 0.844. The van der Waals surface area contributed by atoms with E-state index in [2.05, 4.69) is 20.4 Å². The molecule has 0 unspecified atom stereocenters. The molecule has 0 saturated carbocycles. The average Bonchev–Trinajstić information content (AvgIpc) is 3.28. The Bertz CT molecular complexity index is 1080. The summed E-state index contributed by atoms with van der Waals surface area (Å²) in [5.74, 6) is 1.03. The van der Waals surface area contributed by atoms with Gasteiger partial charge in [-0.2, -0.15) is 0 Å². The summed E-state index contributed by atoms with van der Waals surface area (Å²) in [6, 6.07) is 6.88. The van der Waals surface area contributed by atoms with Gasteiger partial charge in [0.15, 0.2) is 23.9 Å². The van der Waals surface area contributed by atoms with Gasteiger partial charge in [-0.1, -0.05) is 0 Å². The SMILES string of the molecule is COc1c(OCC(=O)N=N)ccc2c1NC(=CC(=O)c1cccnc1)N1CCN=C21. The van der Waals surface area contributed by atoms with Crippen LogP contribution in [0, 0.1) is 5.53 Å². The lowest BCUT2D eigenvalue weighted by atomic mass is 10.1. The maximum absolute atomic E-state index is 12.7. The summed E-state index contributed by atoms with van der Waals surface area (Å²) in [4.78, 5) is 34.5. The molecule has 0 atom stereocenters. The van der Waals surface area contributed by atoms with Gasteiger partial charge in [-0.15, -0.1) is 5.11 Å². The molecule has 2 aliphatic rings. The largest absolute Gasteiger partial charge is 0.491 e. The van der Waals surface area contributed by atoms with Crippen LogP contribution in [0.4, 0.5) is 5.69 Å². The van der Waals surface area contributed by atoms with Crippen molar-refractivity contribution in [1.82, 2.24) is 9.88 Å². The van der Waals surface area contributed by atoms with Crippen LogP contribution in [-0.2, 0) is 4.79 Å². The minimum atomic E-state index is -0.711. The van der Waals surface area contributed by atoms with Crippen LogP contribution in [-0.4, -0.2) is 54.2 Å². The third-order valence-electron chi connectivity index (χ3n) is 4.64. The number of amidine groups is 1. The molecule has 3 heterocycles. The monoisotopic (exact) mass is 406 g/mol. The molecule has 2 aliphatic heterocycles. The van der Waals surface area contributed by atoms with E-state index in [0.717, 1.165) is 11.4 Å². The molecule has 0 spiro atoms. The van der Waals surface area contributed by atoms with Crippen LogP contribution in [0.15, 0.2) is 58.7 Å². The number of hydrogen-bond acceptors (Lipinski definition) is 9. The van der Waals surface area contributed by atoms with Crippen LogP contribution in [0.3, 0.4) is 0 Å². The molecular formula is C20H18N6O4. The van der Waals surface area contributed by atoms with E-state index in [1.165, 1.54) is 19.4 Å². The lowest BCUT2D eigenvalue weighted by Crippen LogP contribution is -2.36. The van der Waals surface area contributed by atoms with E-state index in [1.807, 2.05) is 4.90 Å². The molecule has 1 aromatic carbocycles. The molecule has 2 aromatic rings. The van der Waals surface area contributed by atoms with E-state index in [-0.39, 0.29) is 12.4 Å². The highest BCUT2D eigenvalue weighted by Gasteiger charge is 2.33. The van der Waals surface area contributed by atoms with Gasteiger partial charge in [-0.3, -0.25) is 19.6 Å². The zero-order chi connectivity index (χ0) is 21.1. The van der Waals surface area contributed by atoms with E-state index < -0.39 is 5.91 Å². The molecule has 4 rings (SSSR count). The van der Waals surface area contributed by atoms with Gasteiger partial charge < -0.3 is 19.7 Å². The number of methoxy groups -OCH3 is 1. The Morgan fingerprint density at radius 3 is 2.97 bits per heavy atom. The second-order valence-electron chi connectivity index (χ2n) is 6.43. The first-order chi connectivity index (χ1) is 14.6. The fraction of sp³-hybridized carbons (Fsp3) is 0.200. The third kappa shape index (κ3) is 3.50. The number of anilines is 1. The zero-order valence-corrected chi connectivity index (χ0v) is 16.1. The number of benzene rings is 1. The van der Waals surface area contributed by atoms with Gasteiger partial charge >= 0.3 is 5.91 Å². The van der Waals surface area contributed by atoms with Crippen LogP contribution >= 0.6 is 0 Å². The van der Waals surface area contributed by atoms with Crippen molar-refractivity contribution in [3.05, 3.63) is 59.7 Å². The summed E-state index contributed by atoms with van der Waals surface area (Å²) in [5.41, 5.74) is 8.59. The topological polar surface area (TPSA) is 129 Å². The Balaban J connectivity index is 1.72. The number of pyridine rings is 1. The Labute approximate surface area is 171 Å². The maximum Gasteiger partial charge on any atom is 0.301 e. The van der Waals surface area contributed by atoms with Gasteiger partial charge in [0.1, 0.15) is 11.7 Å². The number of carbonyl (C=O) groups is 2. The number of carbonyl (C=O) groups excluding carboxylic acids is 2. The van der Waals surface area contributed by atoms with E-state index in [0.29, 0.717) is 41.7 Å². The summed E-state index contributed by atoms with van der Waals surface area (Å²) < 4.78 is 11.0. The van der Waals surface area contributed by atoms with Gasteiger partial charge in [0.2, 0.25) is 0 Å². The minimum absolute atomic E-state index is 0.200. The number of fused-ring (bicyclic) bond motifs is 3. The van der Waals surface area contributed by atoms with Gasteiger partial charge in [0.25, 0.3) is 0 Å². The Morgan fingerprint density at radius 1 is 1.37 bits per heavy atom. The predicted molar refractivity (Wildman–Crippen MR) is 107 cm³/mol. The standard InChI is InChI=1S/C20H18N6O4/c1-29-19-15(30-11-17(28)25-21)5-4-13-18(19)24-16(26-8-7-23-20(13)26)9-14(27)12-3-2-6-22-10-12/h2-6,9-10,21,24H,7-8,11H2,1H3. The van der Waals surface area contributed by atoms with Crippen molar-refractivity contribution < 1.29 is 19.1 Å². The number of nitrogens with one attached hydrogen (secondary N) is 2. The number of aromatic nitrogens is 1. The minimum Gasteiger partial charge on any atom is -0.491 e. The highest BCUT2D eigenvalue weighted by molar-refractivity contribution is 6.11. The number of aliphatic imine (C=N–C) groups is 1. The fourth-order valence-corrected chi connectivity index (χ4v) is 3.30. The highest BCUT2D eigenvalue weighted by atomic mass is 16.5. The van der Waals surface area contributed by atoms with Gasteiger partial charge in [0.05, 0.1) is 19.3 Å². The van der Waals surface area contributed by atoms with Crippen molar-refractivity contribution in [2.75, 3.05) is 32.1 Å². The van der Waals surface area contributed by atoms with E-state index in [1.54, 1.807) is 30.5 Å². The first-order valence-electron chi connectivity index (χ1n) is 9.12. The second-order valence-corrected chi connectivity index (χ2v) is 6.43. The number of amides is 1. The van der Waals surface area contributed by atoms with Gasteiger partial charge in [0, 0.05) is 36.1 Å². The maximum atomic E-state index is 12.7. The van der Waals surface area contributed by atoms with Crippen LogP contribution in [0.2, 0.25) is 0 Å². The van der Waals surface area contributed by atoms with Crippen LogP contribution < -0.4 is 14.8 Å². The molecule has 10 heteroatoms. The van der Waals surface area contributed by atoms with Crippen molar-refractivity contribution in [2.24, 2.45) is 10.1 Å². The quantitative estimate of drug-likeness (QED) is 0.427. The summed E-state index contributed by atoms with van der Waals surface area (Å²) in [5, 5.41) is 6.06. The van der Waals surface area contributed by atoms with E-state index in [9.17, 15) is 9.59 Å². The summed E-state index contributed by atoms with van der Waals surface area (Å²) >= 11 is 0. The fourth-order valence-electron chi connectivity index (χ4n) is 3.30. The van der Waals surface area contributed by atoms with Gasteiger partial charge in [-0.25, -0.2) is 5.53 Å². The van der Waals surface area contributed by atoms with Crippen molar-refractivity contribution in [3.8, 4) is 11.5 Å². The van der Waals surface area contributed by atoms with Crippen molar-refractivity contribution in [1.29, 1.82) is 5.53 Å². The number of ether oxygens (including phenoxy) is 2. The third-order valence-corrected chi connectivity index (χ3v) is 4.64. The Hall–Kier alpha value is -4.08. The highest BCUT2D eigenvalue weighted by Crippen LogP contribution is 2.42. The Kier molecular flexibility index (Phi) is 5.21. The number of rotatable bonds is 6. The Morgan fingerprint density at radius 2 is 2.23 bits per heavy atom. The van der Waals surface area contributed by atoms with Crippen molar-refractivity contribution in [2.45, 2.75) is 0 Å². The molecule has 0 fully saturated rings. The molecule has 2 N–H and O–H groups in total. The lowest BCUT2D eigenvalue weighted by Gasteiger charge is -2.32. The molecule has 0 saturated heterocycles. The summed E-state index contributed by atoms with van der Waals surface area (Å²) in [7, 11) is 1.48. The molecule has 0 bridgehead atoms. The van der Waals surface area contributed by atoms with Crippen LogP contribution in [0.25, 0.3) is 0 Å². The van der Waals surface area contributed by atoms with Crippen LogP contribution in [0.5, 0.6) is 11.5 Å².